The number of nitrogens with zero attached hydrogens (tertiary/aromatic N) is 2. The highest BCUT2D eigenvalue weighted by Gasteiger charge is 2.21. The Balaban J connectivity index is 1.99. The number of benzene rings is 1. The molecule has 23 heavy (non-hydrogen) atoms. The summed E-state index contributed by atoms with van der Waals surface area (Å²) in [5.74, 6) is -0.118. The third-order valence-electron chi connectivity index (χ3n) is 3.60. The van der Waals surface area contributed by atoms with Crippen LogP contribution in [0.2, 0.25) is 10.0 Å². The maximum Gasteiger partial charge on any atom is 0.409 e. The topological polar surface area (TPSA) is 49.9 Å². The lowest BCUT2D eigenvalue weighted by atomic mass is 10.2. The lowest BCUT2D eigenvalue weighted by molar-refractivity contribution is -0.125. The quantitative estimate of drug-likeness (QED) is 0.763. The van der Waals surface area contributed by atoms with E-state index in [-0.39, 0.29) is 12.0 Å². The molecule has 0 bridgehead atoms. The molecular formula is C16H18Cl2N2O3. The zero-order chi connectivity index (χ0) is 16.8. The molecule has 124 valence electrons. The Morgan fingerprint density at radius 1 is 1.13 bits per heavy atom. The van der Waals surface area contributed by atoms with Gasteiger partial charge in [0.25, 0.3) is 0 Å². The molecule has 0 radical (unpaired) electrons. The molecule has 2 amide bonds. The van der Waals surface area contributed by atoms with Crippen LogP contribution in [0.1, 0.15) is 12.0 Å². The maximum atomic E-state index is 12.3. The molecule has 0 unspecified atom stereocenters. The highest BCUT2D eigenvalue weighted by Crippen LogP contribution is 2.21. The normalized spacial score (nSPS) is 15.6. The van der Waals surface area contributed by atoms with E-state index in [1.807, 2.05) is 0 Å². The Bertz CT molecular complexity index is 619. The molecule has 1 aliphatic heterocycles. The lowest BCUT2D eigenvalue weighted by Crippen LogP contribution is -2.36. The average molecular weight is 357 g/mol. The number of hydrogen-bond donors (Lipinski definition) is 0. The van der Waals surface area contributed by atoms with Gasteiger partial charge in [0.2, 0.25) is 5.91 Å². The number of methoxy groups -OCH3 is 1. The predicted octanol–water partition coefficient (Wildman–Crippen LogP) is 3.31. The van der Waals surface area contributed by atoms with Gasteiger partial charge in [0, 0.05) is 42.3 Å². The van der Waals surface area contributed by atoms with Crippen LogP contribution in [0.3, 0.4) is 0 Å². The smallest absolute Gasteiger partial charge is 0.409 e. The third kappa shape index (κ3) is 4.88. The zero-order valence-corrected chi connectivity index (χ0v) is 14.3. The van der Waals surface area contributed by atoms with Crippen molar-refractivity contribution in [3.05, 3.63) is 39.9 Å². The molecule has 1 heterocycles. The molecule has 0 spiro atoms. The SMILES string of the molecule is COC(=O)N1CCCN(C(=O)C=Cc2cc(Cl)ccc2Cl)CC1. The standard InChI is InChI=1S/C16H18Cl2N2O3/c1-23-16(22)20-8-2-7-19(9-10-20)15(21)6-3-12-11-13(17)4-5-14(12)18/h3-6,11H,2,7-10H2,1H3. The van der Waals surface area contributed by atoms with E-state index in [2.05, 4.69) is 0 Å². The van der Waals surface area contributed by atoms with Crippen LogP contribution in [0.4, 0.5) is 4.79 Å². The second-order valence-corrected chi connectivity index (χ2v) is 5.98. The fourth-order valence-corrected chi connectivity index (χ4v) is 2.72. The molecule has 1 fully saturated rings. The van der Waals surface area contributed by atoms with E-state index < -0.39 is 0 Å². The van der Waals surface area contributed by atoms with E-state index in [9.17, 15) is 9.59 Å². The Labute approximate surface area is 145 Å². The summed E-state index contributed by atoms with van der Waals surface area (Å²) in [7, 11) is 1.35. The molecule has 5 nitrogen and oxygen atoms in total. The molecule has 7 heteroatoms. The van der Waals surface area contributed by atoms with Gasteiger partial charge in [0.15, 0.2) is 0 Å². The summed E-state index contributed by atoms with van der Waals surface area (Å²) in [6.07, 6.45) is 3.48. The first-order valence-electron chi connectivity index (χ1n) is 7.26. The summed E-state index contributed by atoms with van der Waals surface area (Å²) in [5.41, 5.74) is 0.693. The fraction of sp³-hybridized carbons (Fsp3) is 0.375. The van der Waals surface area contributed by atoms with E-state index >= 15 is 0 Å². The number of carbonyl (C=O) groups is 2. The molecule has 0 N–H and O–H groups in total. The summed E-state index contributed by atoms with van der Waals surface area (Å²) < 4.78 is 4.71. The molecule has 1 aliphatic rings. The van der Waals surface area contributed by atoms with Crippen LogP contribution in [0.5, 0.6) is 0 Å². The van der Waals surface area contributed by atoms with E-state index in [0.717, 1.165) is 0 Å². The van der Waals surface area contributed by atoms with E-state index in [4.69, 9.17) is 27.9 Å². The van der Waals surface area contributed by atoms with Crippen molar-refractivity contribution in [2.45, 2.75) is 6.42 Å². The summed E-state index contributed by atoms with van der Waals surface area (Å²) in [6.45, 7) is 2.12. The van der Waals surface area contributed by atoms with Gasteiger partial charge in [0.05, 0.1) is 7.11 Å². The van der Waals surface area contributed by atoms with Gasteiger partial charge in [-0.3, -0.25) is 4.79 Å². The van der Waals surface area contributed by atoms with Crippen molar-refractivity contribution in [3.63, 3.8) is 0 Å². The molecule has 2 rings (SSSR count). The first-order chi connectivity index (χ1) is 11.0. The second-order valence-electron chi connectivity index (χ2n) is 5.14. The van der Waals surface area contributed by atoms with Crippen molar-refractivity contribution in [3.8, 4) is 0 Å². The molecule has 0 atom stereocenters. The van der Waals surface area contributed by atoms with Gasteiger partial charge in [-0.05, 0) is 36.3 Å². The van der Waals surface area contributed by atoms with Gasteiger partial charge in [0.1, 0.15) is 0 Å². The van der Waals surface area contributed by atoms with Crippen molar-refractivity contribution in [1.82, 2.24) is 9.80 Å². The molecule has 1 aromatic rings. The highest BCUT2D eigenvalue weighted by molar-refractivity contribution is 6.34. The van der Waals surface area contributed by atoms with Crippen molar-refractivity contribution < 1.29 is 14.3 Å². The Morgan fingerprint density at radius 2 is 1.83 bits per heavy atom. The van der Waals surface area contributed by atoms with E-state index in [1.54, 1.807) is 34.1 Å². The number of hydrogen-bond acceptors (Lipinski definition) is 3. The molecular weight excluding hydrogens is 339 g/mol. The number of halogens is 2. The van der Waals surface area contributed by atoms with Crippen LogP contribution in [-0.2, 0) is 9.53 Å². The minimum atomic E-state index is -0.361. The van der Waals surface area contributed by atoms with Gasteiger partial charge in [-0.2, -0.15) is 0 Å². The fourth-order valence-electron chi connectivity index (χ4n) is 2.36. The number of amides is 2. The van der Waals surface area contributed by atoms with Crippen LogP contribution in [0, 0.1) is 0 Å². The van der Waals surface area contributed by atoms with Crippen molar-refractivity contribution in [1.29, 1.82) is 0 Å². The number of carbonyl (C=O) groups excluding carboxylic acids is 2. The van der Waals surface area contributed by atoms with Gasteiger partial charge in [-0.25, -0.2) is 4.79 Å². The minimum Gasteiger partial charge on any atom is -0.453 e. The zero-order valence-electron chi connectivity index (χ0n) is 12.8. The summed E-state index contributed by atoms with van der Waals surface area (Å²) in [5, 5.41) is 1.09. The number of rotatable bonds is 2. The van der Waals surface area contributed by atoms with Crippen molar-refractivity contribution in [2.75, 3.05) is 33.3 Å². The summed E-state index contributed by atoms with van der Waals surface area (Å²) >= 11 is 12.0. The summed E-state index contributed by atoms with van der Waals surface area (Å²) in [6, 6.07) is 5.09. The Hall–Kier alpha value is -1.72. The highest BCUT2D eigenvalue weighted by atomic mass is 35.5. The predicted molar refractivity (Wildman–Crippen MR) is 90.7 cm³/mol. The monoisotopic (exact) mass is 356 g/mol. The third-order valence-corrected chi connectivity index (χ3v) is 4.18. The van der Waals surface area contributed by atoms with Crippen molar-refractivity contribution in [2.24, 2.45) is 0 Å². The van der Waals surface area contributed by atoms with E-state index in [1.165, 1.54) is 13.2 Å². The van der Waals surface area contributed by atoms with Gasteiger partial charge in [-0.15, -0.1) is 0 Å². The van der Waals surface area contributed by atoms with E-state index in [0.29, 0.717) is 48.2 Å². The van der Waals surface area contributed by atoms with Gasteiger partial charge < -0.3 is 14.5 Å². The second kappa shape index (κ2) is 8.22. The first kappa shape index (κ1) is 17.6. The van der Waals surface area contributed by atoms with Crippen LogP contribution in [0.25, 0.3) is 6.08 Å². The molecule has 0 saturated carbocycles. The maximum absolute atomic E-state index is 12.3. The summed E-state index contributed by atoms with van der Waals surface area (Å²) in [4.78, 5) is 27.1. The lowest BCUT2D eigenvalue weighted by Gasteiger charge is -2.20. The molecule has 1 aromatic carbocycles. The minimum absolute atomic E-state index is 0.118. The average Bonchev–Trinajstić information content (AvgIpc) is 2.80. The van der Waals surface area contributed by atoms with Crippen LogP contribution in [0.15, 0.2) is 24.3 Å². The van der Waals surface area contributed by atoms with Crippen LogP contribution >= 0.6 is 23.2 Å². The van der Waals surface area contributed by atoms with Crippen LogP contribution in [-0.4, -0.2) is 55.1 Å². The van der Waals surface area contributed by atoms with Gasteiger partial charge in [-0.1, -0.05) is 23.2 Å². The first-order valence-corrected chi connectivity index (χ1v) is 8.02. The van der Waals surface area contributed by atoms with Crippen LogP contribution < -0.4 is 0 Å². The Morgan fingerprint density at radius 3 is 2.57 bits per heavy atom. The largest absolute Gasteiger partial charge is 0.453 e. The molecule has 0 aromatic heterocycles. The molecule has 1 saturated heterocycles. The molecule has 0 aliphatic carbocycles. The number of ether oxygens (including phenoxy) is 1. The van der Waals surface area contributed by atoms with Gasteiger partial charge >= 0.3 is 6.09 Å². The van der Waals surface area contributed by atoms with Crippen molar-refractivity contribution >= 4 is 41.3 Å². The Kier molecular flexibility index (Phi) is 6.30.